The smallest absolute Gasteiger partial charge is 0.336 e. The van der Waals surface area contributed by atoms with E-state index in [2.05, 4.69) is 5.32 Å². The van der Waals surface area contributed by atoms with Crippen LogP contribution in [0.4, 0.5) is 0 Å². The lowest BCUT2D eigenvalue weighted by Crippen LogP contribution is -2.41. The summed E-state index contributed by atoms with van der Waals surface area (Å²) in [6, 6.07) is 1.69. The number of aliphatic hydroxyl groups is 1. The molecule has 100 valence electrons. The van der Waals surface area contributed by atoms with Crippen molar-refractivity contribution in [3.8, 4) is 0 Å². The number of carboxylic acid groups (broad SMARTS) is 1. The Hall–Kier alpha value is -0.910. The summed E-state index contributed by atoms with van der Waals surface area (Å²) in [6.07, 6.45) is 5.14. The summed E-state index contributed by atoms with van der Waals surface area (Å²) in [6.45, 7) is 1.22. The Bertz CT molecular complexity index is 410. The van der Waals surface area contributed by atoms with Gasteiger partial charge >= 0.3 is 5.97 Å². The molecule has 1 aromatic rings. The second-order valence-corrected chi connectivity index (χ2v) is 5.99. The number of aromatic carboxylic acids is 1. The molecule has 18 heavy (non-hydrogen) atoms. The van der Waals surface area contributed by atoms with Gasteiger partial charge in [-0.3, -0.25) is 0 Å². The van der Waals surface area contributed by atoms with Gasteiger partial charge in [0.2, 0.25) is 0 Å². The van der Waals surface area contributed by atoms with Gasteiger partial charge in [-0.25, -0.2) is 4.79 Å². The van der Waals surface area contributed by atoms with E-state index >= 15 is 0 Å². The number of hydrogen-bond donors (Lipinski definition) is 3. The van der Waals surface area contributed by atoms with Crippen molar-refractivity contribution in [3.05, 3.63) is 21.9 Å². The molecule has 4 nitrogen and oxygen atoms in total. The molecule has 0 aliphatic heterocycles. The Balaban J connectivity index is 1.78. The standard InChI is InChI=1S/C13H19NO3S/c15-12(16)10-6-11(18-8-10)7-14-9-13(17)4-2-1-3-5-13/h6,8,14,17H,1-5,7,9H2,(H,15,16). The highest BCUT2D eigenvalue weighted by Gasteiger charge is 2.28. The van der Waals surface area contributed by atoms with E-state index in [4.69, 9.17) is 5.11 Å². The first-order chi connectivity index (χ1) is 8.59. The van der Waals surface area contributed by atoms with E-state index in [0.717, 1.165) is 30.6 Å². The van der Waals surface area contributed by atoms with Gasteiger partial charge in [-0.2, -0.15) is 0 Å². The molecule has 0 unspecified atom stereocenters. The van der Waals surface area contributed by atoms with Gasteiger partial charge in [0, 0.05) is 23.3 Å². The lowest BCUT2D eigenvalue weighted by atomic mass is 9.85. The fourth-order valence-electron chi connectivity index (χ4n) is 2.39. The zero-order valence-electron chi connectivity index (χ0n) is 10.3. The van der Waals surface area contributed by atoms with Gasteiger partial charge in [-0.15, -0.1) is 11.3 Å². The third-order valence-electron chi connectivity index (χ3n) is 3.44. The number of carbonyl (C=O) groups is 1. The average molecular weight is 269 g/mol. The summed E-state index contributed by atoms with van der Waals surface area (Å²) in [7, 11) is 0. The normalized spacial score (nSPS) is 18.7. The molecule has 0 radical (unpaired) electrons. The Labute approximate surface area is 111 Å². The SMILES string of the molecule is O=C(O)c1csc(CNCC2(O)CCCCC2)c1. The zero-order valence-corrected chi connectivity index (χ0v) is 11.1. The summed E-state index contributed by atoms with van der Waals surface area (Å²) >= 11 is 1.44. The molecule has 0 bridgehead atoms. The van der Waals surface area contributed by atoms with E-state index in [0.29, 0.717) is 18.7 Å². The molecule has 1 aliphatic rings. The molecular formula is C13H19NO3S. The highest BCUT2D eigenvalue weighted by atomic mass is 32.1. The summed E-state index contributed by atoms with van der Waals surface area (Å²) < 4.78 is 0. The second kappa shape index (κ2) is 5.82. The molecule has 2 rings (SSSR count). The molecule has 1 heterocycles. The fourth-order valence-corrected chi connectivity index (χ4v) is 3.22. The summed E-state index contributed by atoms with van der Waals surface area (Å²) in [4.78, 5) is 11.7. The Kier molecular flexibility index (Phi) is 4.37. The first-order valence-corrected chi connectivity index (χ1v) is 7.21. The topological polar surface area (TPSA) is 69.6 Å². The molecule has 1 fully saturated rings. The maximum Gasteiger partial charge on any atom is 0.336 e. The van der Waals surface area contributed by atoms with Gasteiger partial charge in [-0.05, 0) is 18.9 Å². The molecule has 0 amide bonds. The molecule has 0 atom stereocenters. The van der Waals surface area contributed by atoms with Crippen molar-refractivity contribution < 1.29 is 15.0 Å². The van der Waals surface area contributed by atoms with E-state index in [1.807, 2.05) is 0 Å². The van der Waals surface area contributed by atoms with Crippen LogP contribution in [0.3, 0.4) is 0 Å². The minimum absolute atomic E-state index is 0.341. The van der Waals surface area contributed by atoms with Crippen LogP contribution in [0, 0.1) is 0 Å². The first kappa shape index (κ1) is 13.5. The van der Waals surface area contributed by atoms with E-state index in [9.17, 15) is 9.90 Å². The van der Waals surface area contributed by atoms with Gasteiger partial charge in [0.1, 0.15) is 0 Å². The maximum atomic E-state index is 10.7. The predicted octanol–water partition coefficient (Wildman–Crippen LogP) is 2.23. The highest BCUT2D eigenvalue weighted by Crippen LogP contribution is 2.27. The largest absolute Gasteiger partial charge is 0.478 e. The first-order valence-electron chi connectivity index (χ1n) is 6.33. The molecule has 0 aromatic carbocycles. The molecule has 1 aliphatic carbocycles. The van der Waals surface area contributed by atoms with Crippen molar-refractivity contribution >= 4 is 17.3 Å². The molecule has 3 N–H and O–H groups in total. The number of nitrogens with one attached hydrogen (secondary N) is 1. The van der Waals surface area contributed by atoms with Crippen molar-refractivity contribution in [2.45, 2.75) is 44.2 Å². The monoisotopic (exact) mass is 269 g/mol. The van der Waals surface area contributed by atoms with E-state index in [-0.39, 0.29) is 0 Å². The van der Waals surface area contributed by atoms with Crippen LogP contribution in [0.15, 0.2) is 11.4 Å². The van der Waals surface area contributed by atoms with E-state index in [1.165, 1.54) is 17.8 Å². The molecular weight excluding hydrogens is 250 g/mol. The lowest BCUT2D eigenvalue weighted by molar-refractivity contribution is 0.00471. The van der Waals surface area contributed by atoms with Crippen molar-refractivity contribution in [3.63, 3.8) is 0 Å². The van der Waals surface area contributed by atoms with Crippen LogP contribution in [0.25, 0.3) is 0 Å². The Morgan fingerprint density at radius 1 is 1.39 bits per heavy atom. The molecule has 1 saturated carbocycles. The second-order valence-electron chi connectivity index (χ2n) is 5.00. The molecule has 0 spiro atoms. The van der Waals surface area contributed by atoms with Gasteiger partial charge < -0.3 is 15.5 Å². The quantitative estimate of drug-likeness (QED) is 0.766. The zero-order chi connectivity index (χ0) is 13.0. The number of thiophene rings is 1. The summed E-state index contributed by atoms with van der Waals surface area (Å²) in [5.41, 5.74) is -0.223. The van der Waals surface area contributed by atoms with Crippen molar-refractivity contribution in [2.75, 3.05) is 6.54 Å². The third kappa shape index (κ3) is 3.54. The summed E-state index contributed by atoms with van der Waals surface area (Å²) in [5.74, 6) is -0.886. The molecule has 0 saturated heterocycles. The van der Waals surface area contributed by atoms with Gasteiger partial charge in [0.25, 0.3) is 0 Å². The number of hydrogen-bond acceptors (Lipinski definition) is 4. The van der Waals surface area contributed by atoms with Crippen LogP contribution >= 0.6 is 11.3 Å². The third-order valence-corrected chi connectivity index (χ3v) is 4.37. The number of rotatable bonds is 5. The average Bonchev–Trinajstić information content (AvgIpc) is 2.78. The maximum absolute atomic E-state index is 10.7. The lowest BCUT2D eigenvalue weighted by Gasteiger charge is -2.32. The van der Waals surface area contributed by atoms with Crippen LogP contribution in [-0.2, 0) is 6.54 Å². The number of carboxylic acids is 1. The molecule has 1 aromatic heterocycles. The van der Waals surface area contributed by atoms with Gasteiger partial charge in [-0.1, -0.05) is 19.3 Å². The van der Waals surface area contributed by atoms with Crippen molar-refractivity contribution in [2.24, 2.45) is 0 Å². The van der Waals surface area contributed by atoms with Crippen molar-refractivity contribution in [1.29, 1.82) is 0 Å². The van der Waals surface area contributed by atoms with E-state index in [1.54, 1.807) is 11.4 Å². The van der Waals surface area contributed by atoms with E-state index < -0.39 is 11.6 Å². The van der Waals surface area contributed by atoms with Crippen molar-refractivity contribution in [1.82, 2.24) is 5.32 Å². The summed E-state index contributed by atoms with van der Waals surface area (Å²) in [5, 5.41) is 24.0. The Morgan fingerprint density at radius 2 is 2.11 bits per heavy atom. The van der Waals surface area contributed by atoms with Gasteiger partial charge in [0.15, 0.2) is 0 Å². The van der Waals surface area contributed by atoms with Crippen LogP contribution in [0.5, 0.6) is 0 Å². The van der Waals surface area contributed by atoms with Crippen LogP contribution in [0.1, 0.15) is 47.3 Å². The Morgan fingerprint density at radius 3 is 2.72 bits per heavy atom. The highest BCUT2D eigenvalue weighted by molar-refractivity contribution is 7.10. The minimum Gasteiger partial charge on any atom is -0.478 e. The minimum atomic E-state index is -0.886. The van der Waals surface area contributed by atoms with Crippen LogP contribution in [-0.4, -0.2) is 28.3 Å². The predicted molar refractivity (Wildman–Crippen MR) is 71.0 cm³/mol. The van der Waals surface area contributed by atoms with Crippen LogP contribution in [0.2, 0.25) is 0 Å². The van der Waals surface area contributed by atoms with Gasteiger partial charge in [0.05, 0.1) is 11.2 Å². The fraction of sp³-hybridized carbons (Fsp3) is 0.615. The van der Waals surface area contributed by atoms with Crippen LogP contribution < -0.4 is 5.32 Å². The molecule has 5 heteroatoms.